The van der Waals surface area contributed by atoms with Gasteiger partial charge in [0.25, 0.3) is 0 Å². The summed E-state index contributed by atoms with van der Waals surface area (Å²) in [6.07, 6.45) is -0.673. The SMILES string of the molecule is FC(F)(F)c1csc(CCNC(=NCC2CCOC2)NCCc2ccco2)n1. The van der Waals surface area contributed by atoms with E-state index in [9.17, 15) is 13.2 Å². The van der Waals surface area contributed by atoms with E-state index in [-0.39, 0.29) is 0 Å². The van der Waals surface area contributed by atoms with Crippen LogP contribution in [0.25, 0.3) is 0 Å². The third-order valence-electron chi connectivity index (χ3n) is 4.25. The van der Waals surface area contributed by atoms with Gasteiger partial charge in [-0.2, -0.15) is 13.2 Å². The number of hydrogen-bond acceptors (Lipinski definition) is 5. The van der Waals surface area contributed by atoms with Crippen molar-refractivity contribution in [3.05, 3.63) is 40.2 Å². The molecule has 2 N–H and O–H groups in total. The molecule has 0 aliphatic carbocycles. The van der Waals surface area contributed by atoms with E-state index >= 15 is 0 Å². The first kappa shape index (κ1) is 20.7. The number of furan rings is 1. The summed E-state index contributed by atoms with van der Waals surface area (Å²) in [7, 11) is 0. The van der Waals surface area contributed by atoms with E-state index in [1.807, 2.05) is 12.1 Å². The summed E-state index contributed by atoms with van der Waals surface area (Å²) in [6.45, 7) is 3.20. The maximum atomic E-state index is 12.6. The highest BCUT2D eigenvalue weighted by atomic mass is 32.1. The number of nitrogens with zero attached hydrogens (tertiary/aromatic N) is 2. The summed E-state index contributed by atoms with van der Waals surface area (Å²) in [5, 5.41) is 7.90. The maximum absolute atomic E-state index is 12.6. The monoisotopic (exact) mass is 416 g/mol. The van der Waals surface area contributed by atoms with Crippen LogP contribution in [0.2, 0.25) is 0 Å². The average Bonchev–Trinajstić information content (AvgIpc) is 3.40. The lowest BCUT2D eigenvalue weighted by atomic mass is 10.1. The Morgan fingerprint density at radius 3 is 2.75 bits per heavy atom. The molecule has 0 radical (unpaired) electrons. The first-order valence-corrected chi connectivity index (χ1v) is 10.0. The van der Waals surface area contributed by atoms with Crippen molar-refractivity contribution in [3.63, 3.8) is 0 Å². The van der Waals surface area contributed by atoms with Crippen LogP contribution >= 0.6 is 11.3 Å². The lowest BCUT2D eigenvalue weighted by molar-refractivity contribution is -0.140. The van der Waals surface area contributed by atoms with Gasteiger partial charge in [0, 0.05) is 50.4 Å². The molecule has 2 aromatic heterocycles. The number of nitrogens with one attached hydrogen (secondary N) is 2. The highest BCUT2D eigenvalue weighted by Gasteiger charge is 2.33. The van der Waals surface area contributed by atoms with E-state index in [1.165, 1.54) is 0 Å². The van der Waals surface area contributed by atoms with Gasteiger partial charge in [-0.25, -0.2) is 4.98 Å². The zero-order chi connectivity index (χ0) is 19.8. The summed E-state index contributed by atoms with van der Waals surface area (Å²) in [5.74, 6) is 1.90. The van der Waals surface area contributed by atoms with E-state index in [2.05, 4.69) is 20.6 Å². The molecule has 1 aliphatic rings. The van der Waals surface area contributed by atoms with Gasteiger partial charge < -0.3 is 19.8 Å². The molecule has 3 heterocycles. The van der Waals surface area contributed by atoms with Crippen molar-refractivity contribution in [2.75, 3.05) is 32.8 Å². The van der Waals surface area contributed by atoms with Crippen LogP contribution < -0.4 is 10.6 Å². The lowest BCUT2D eigenvalue weighted by Crippen LogP contribution is -2.39. The Kier molecular flexibility index (Phi) is 7.32. The second kappa shape index (κ2) is 9.92. The fourth-order valence-corrected chi connectivity index (χ4v) is 3.53. The lowest BCUT2D eigenvalue weighted by Gasteiger charge is -2.13. The predicted molar refractivity (Wildman–Crippen MR) is 100 cm³/mol. The van der Waals surface area contributed by atoms with Gasteiger partial charge in [-0.05, 0) is 18.6 Å². The first-order chi connectivity index (χ1) is 13.5. The zero-order valence-corrected chi connectivity index (χ0v) is 16.1. The normalized spacial score (nSPS) is 17.8. The van der Waals surface area contributed by atoms with E-state index < -0.39 is 11.9 Å². The number of guanidine groups is 1. The van der Waals surface area contributed by atoms with Crippen molar-refractivity contribution in [2.24, 2.45) is 10.9 Å². The molecule has 0 amide bonds. The van der Waals surface area contributed by atoms with Crippen molar-refractivity contribution in [1.29, 1.82) is 0 Å². The molecule has 10 heteroatoms. The smallest absolute Gasteiger partial charge is 0.434 e. The van der Waals surface area contributed by atoms with Crippen molar-refractivity contribution >= 4 is 17.3 Å². The quantitative estimate of drug-likeness (QED) is 0.511. The summed E-state index contributed by atoms with van der Waals surface area (Å²) in [6, 6.07) is 3.74. The largest absolute Gasteiger partial charge is 0.469 e. The van der Waals surface area contributed by atoms with Gasteiger partial charge in [0.1, 0.15) is 5.76 Å². The highest BCUT2D eigenvalue weighted by Crippen LogP contribution is 2.30. The molecule has 1 fully saturated rings. The minimum Gasteiger partial charge on any atom is -0.469 e. The van der Waals surface area contributed by atoms with Crippen LogP contribution in [-0.2, 0) is 23.8 Å². The Labute approximate surface area is 165 Å². The molecule has 154 valence electrons. The van der Waals surface area contributed by atoms with Crippen LogP contribution in [0.3, 0.4) is 0 Å². The van der Waals surface area contributed by atoms with Gasteiger partial charge in [-0.15, -0.1) is 11.3 Å². The molecule has 2 aromatic rings. The molecule has 0 aromatic carbocycles. The van der Waals surface area contributed by atoms with Crippen molar-refractivity contribution in [2.45, 2.75) is 25.4 Å². The average molecular weight is 416 g/mol. The number of alkyl halides is 3. The fraction of sp³-hybridized carbons (Fsp3) is 0.556. The summed E-state index contributed by atoms with van der Waals surface area (Å²) in [4.78, 5) is 8.23. The Morgan fingerprint density at radius 2 is 2.11 bits per heavy atom. The van der Waals surface area contributed by atoms with Gasteiger partial charge in [0.05, 0.1) is 17.9 Å². The Hall–Kier alpha value is -2.07. The summed E-state index contributed by atoms with van der Waals surface area (Å²) in [5.41, 5.74) is -0.834. The number of aliphatic imine (C=N–C) groups is 1. The zero-order valence-electron chi connectivity index (χ0n) is 15.3. The Morgan fingerprint density at radius 1 is 1.29 bits per heavy atom. The number of aromatic nitrogens is 1. The third-order valence-corrected chi connectivity index (χ3v) is 5.16. The van der Waals surface area contributed by atoms with Gasteiger partial charge >= 0.3 is 6.18 Å². The summed E-state index contributed by atoms with van der Waals surface area (Å²) < 4.78 is 48.6. The molecule has 0 bridgehead atoms. The predicted octanol–water partition coefficient (Wildman–Crippen LogP) is 3.11. The van der Waals surface area contributed by atoms with Crippen molar-refractivity contribution in [3.8, 4) is 0 Å². The molecule has 1 aliphatic heterocycles. The molecular weight excluding hydrogens is 393 g/mol. The number of halogens is 3. The van der Waals surface area contributed by atoms with Crippen LogP contribution in [-0.4, -0.2) is 43.8 Å². The van der Waals surface area contributed by atoms with Crippen LogP contribution in [0.1, 0.15) is 22.9 Å². The van der Waals surface area contributed by atoms with E-state index in [1.54, 1.807) is 6.26 Å². The van der Waals surface area contributed by atoms with E-state index in [0.717, 1.165) is 35.5 Å². The molecule has 3 rings (SSSR count). The van der Waals surface area contributed by atoms with Crippen LogP contribution in [0.15, 0.2) is 33.2 Å². The molecular formula is C18H23F3N4O2S. The number of hydrogen-bond donors (Lipinski definition) is 2. The van der Waals surface area contributed by atoms with Crippen LogP contribution in [0.4, 0.5) is 13.2 Å². The Balaban J connectivity index is 1.48. The fourth-order valence-electron chi connectivity index (χ4n) is 2.72. The van der Waals surface area contributed by atoms with Gasteiger partial charge in [-0.3, -0.25) is 4.99 Å². The Bertz CT molecular complexity index is 740. The van der Waals surface area contributed by atoms with E-state index in [0.29, 0.717) is 56.0 Å². The van der Waals surface area contributed by atoms with E-state index in [4.69, 9.17) is 9.15 Å². The minimum atomic E-state index is -4.40. The molecule has 1 saturated heterocycles. The molecule has 0 saturated carbocycles. The first-order valence-electron chi connectivity index (χ1n) is 9.14. The second-order valence-corrected chi connectivity index (χ2v) is 7.42. The molecule has 0 spiro atoms. The van der Waals surface area contributed by atoms with Crippen LogP contribution in [0, 0.1) is 5.92 Å². The third kappa shape index (κ3) is 6.52. The molecule has 6 nitrogen and oxygen atoms in total. The van der Waals surface area contributed by atoms with Crippen LogP contribution in [0.5, 0.6) is 0 Å². The summed E-state index contributed by atoms with van der Waals surface area (Å²) >= 11 is 1.02. The number of thiazole rings is 1. The molecule has 1 atom stereocenters. The topological polar surface area (TPSA) is 71.7 Å². The second-order valence-electron chi connectivity index (χ2n) is 6.48. The van der Waals surface area contributed by atoms with Gasteiger partial charge in [0.15, 0.2) is 11.7 Å². The number of ether oxygens (including phenoxy) is 1. The van der Waals surface area contributed by atoms with Gasteiger partial charge in [0.2, 0.25) is 0 Å². The number of rotatable bonds is 8. The van der Waals surface area contributed by atoms with Gasteiger partial charge in [-0.1, -0.05) is 0 Å². The van der Waals surface area contributed by atoms with Crippen molar-refractivity contribution in [1.82, 2.24) is 15.6 Å². The maximum Gasteiger partial charge on any atom is 0.434 e. The minimum absolute atomic E-state index is 0.395. The highest BCUT2D eigenvalue weighted by molar-refractivity contribution is 7.09. The standard InChI is InChI=1S/C18H23F3N4O2S/c19-18(20,21)15-12-28-16(25-15)4-7-23-17(24-10-13-5-9-26-11-13)22-6-3-14-2-1-8-27-14/h1-2,8,12-13H,3-7,9-11H2,(H2,22,23,24). The molecule has 28 heavy (non-hydrogen) atoms. The molecule has 1 unspecified atom stereocenters. The van der Waals surface area contributed by atoms with Crippen molar-refractivity contribution < 1.29 is 22.3 Å².